The van der Waals surface area contributed by atoms with Crippen LogP contribution < -0.4 is 4.90 Å². The quantitative estimate of drug-likeness (QED) is 0.264. The van der Waals surface area contributed by atoms with Gasteiger partial charge in [-0.15, -0.1) is 32.9 Å². The van der Waals surface area contributed by atoms with Gasteiger partial charge in [0.05, 0.1) is 16.8 Å². The van der Waals surface area contributed by atoms with E-state index in [0.717, 1.165) is 32.9 Å². The van der Waals surface area contributed by atoms with Crippen molar-refractivity contribution in [1.29, 1.82) is 0 Å². The number of thioether (sulfide) groups is 1. The molecule has 0 spiro atoms. The second-order valence-corrected chi connectivity index (χ2v) is 11.3. The minimum atomic E-state index is -0.0431. The second kappa shape index (κ2) is 9.09. The monoisotopic (exact) mass is 508 g/mol. The van der Waals surface area contributed by atoms with E-state index in [-0.39, 0.29) is 17.6 Å². The van der Waals surface area contributed by atoms with Gasteiger partial charge in [-0.2, -0.15) is 0 Å². The number of benzene rings is 1. The zero-order valence-corrected chi connectivity index (χ0v) is 22.0. The highest BCUT2D eigenvalue weighted by molar-refractivity contribution is 7.99. The summed E-state index contributed by atoms with van der Waals surface area (Å²) in [5, 5.41) is 13.3. The van der Waals surface area contributed by atoms with Gasteiger partial charge in [-0.25, -0.2) is 9.97 Å². The number of carbonyl (C=O) groups excluding carboxylic acids is 1. The molecule has 0 aliphatic heterocycles. The van der Waals surface area contributed by atoms with Gasteiger partial charge in [0.2, 0.25) is 5.91 Å². The first-order chi connectivity index (χ1) is 16.3. The normalized spacial score (nSPS) is 11.7. The Morgan fingerprint density at radius 2 is 1.91 bits per heavy atom. The van der Waals surface area contributed by atoms with E-state index in [4.69, 9.17) is 4.98 Å². The minimum absolute atomic E-state index is 0.0431. The number of hydrogen-bond acceptors (Lipinski definition) is 8. The summed E-state index contributed by atoms with van der Waals surface area (Å²) in [6, 6.07) is 9.97. The maximum atomic E-state index is 13.0. The fourth-order valence-corrected chi connectivity index (χ4v) is 6.42. The smallest absolute Gasteiger partial charge is 0.238 e. The van der Waals surface area contributed by atoms with Crippen molar-refractivity contribution < 1.29 is 4.79 Å². The highest BCUT2D eigenvalue weighted by Gasteiger charge is 2.22. The average molecular weight is 509 g/mol. The van der Waals surface area contributed by atoms with Crippen molar-refractivity contribution in [1.82, 2.24) is 24.6 Å². The van der Waals surface area contributed by atoms with Gasteiger partial charge < -0.3 is 0 Å². The summed E-state index contributed by atoms with van der Waals surface area (Å²) in [5.41, 5.74) is 3.90. The average Bonchev–Trinajstić information content (AvgIpc) is 3.55. The SMILES string of the molecule is Cc1sc2nc(C(C)C)n3c(SCC(=O)N(C)c4nc(-c5ccccc5)cs4)nnc3c2c1C. The molecule has 0 radical (unpaired) electrons. The van der Waals surface area contributed by atoms with Crippen molar-refractivity contribution in [2.45, 2.75) is 38.8 Å². The third-order valence-electron chi connectivity index (χ3n) is 5.73. The Balaban J connectivity index is 1.40. The van der Waals surface area contributed by atoms with Gasteiger partial charge in [0.15, 0.2) is 15.9 Å². The minimum Gasteiger partial charge on any atom is -0.291 e. The number of thiophene rings is 1. The van der Waals surface area contributed by atoms with Gasteiger partial charge in [0.1, 0.15) is 10.7 Å². The summed E-state index contributed by atoms with van der Waals surface area (Å²) in [4.78, 5) is 26.4. The number of aromatic nitrogens is 5. The number of anilines is 1. The van der Waals surface area contributed by atoms with Crippen LogP contribution >= 0.6 is 34.4 Å². The molecule has 0 N–H and O–H groups in total. The van der Waals surface area contributed by atoms with E-state index >= 15 is 0 Å². The molecule has 0 aliphatic carbocycles. The highest BCUT2D eigenvalue weighted by atomic mass is 32.2. The maximum Gasteiger partial charge on any atom is 0.238 e. The lowest BCUT2D eigenvalue weighted by atomic mass is 10.2. The molecule has 0 unspecified atom stereocenters. The summed E-state index contributed by atoms with van der Waals surface area (Å²) in [5.74, 6) is 1.28. The first-order valence-electron chi connectivity index (χ1n) is 10.9. The van der Waals surface area contributed by atoms with Crippen molar-refractivity contribution in [3.63, 3.8) is 0 Å². The molecule has 0 bridgehead atoms. The van der Waals surface area contributed by atoms with Crippen LogP contribution in [-0.4, -0.2) is 43.3 Å². The van der Waals surface area contributed by atoms with Crippen molar-refractivity contribution in [2.75, 3.05) is 17.7 Å². The van der Waals surface area contributed by atoms with Crippen LogP contribution in [0.1, 0.15) is 36.0 Å². The van der Waals surface area contributed by atoms with Crippen LogP contribution in [0.5, 0.6) is 0 Å². The van der Waals surface area contributed by atoms with E-state index < -0.39 is 0 Å². The number of nitrogens with zero attached hydrogens (tertiary/aromatic N) is 6. The standard InChI is InChI=1S/C24H24N6OS3/c1-13(2)20-26-22-19(14(3)15(4)34-22)21-27-28-24(30(20)21)33-12-18(31)29(5)23-25-17(11-32-23)16-9-7-6-8-10-16/h6-11,13H,12H2,1-5H3. The van der Waals surface area contributed by atoms with Crippen molar-refractivity contribution in [3.05, 3.63) is 52.0 Å². The van der Waals surface area contributed by atoms with Crippen LogP contribution in [0.3, 0.4) is 0 Å². The number of hydrogen-bond donors (Lipinski definition) is 0. The van der Waals surface area contributed by atoms with Crippen LogP contribution in [-0.2, 0) is 4.79 Å². The van der Waals surface area contributed by atoms with Crippen LogP contribution in [0.4, 0.5) is 5.13 Å². The Hall–Kier alpha value is -2.82. The molecule has 1 aromatic carbocycles. The van der Waals surface area contributed by atoms with Gasteiger partial charge in [-0.05, 0) is 19.4 Å². The van der Waals surface area contributed by atoms with E-state index in [0.29, 0.717) is 10.3 Å². The van der Waals surface area contributed by atoms with E-state index in [1.807, 2.05) is 40.1 Å². The molecule has 5 rings (SSSR count). The zero-order valence-electron chi connectivity index (χ0n) is 19.6. The topological polar surface area (TPSA) is 76.3 Å². The fraction of sp³-hybridized carbons (Fsp3) is 0.292. The van der Waals surface area contributed by atoms with Gasteiger partial charge in [0.25, 0.3) is 0 Å². The lowest BCUT2D eigenvalue weighted by molar-refractivity contribution is -0.115. The lowest BCUT2D eigenvalue weighted by Gasteiger charge is -2.14. The summed E-state index contributed by atoms with van der Waals surface area (Å²) in [6.07, 6.45) is 0. The van der Waals surface area contributed by atoms with E-state index in [1.54, 1.807) is 23.3 Å². The predicted molar refractivity (Wildman–Crippen MR) is 141 cm³/mol. The van der Waals surface area contributed by atoms with E-state index in [2.05, 4.69) is 42.9 Å². The molecule has 4 aromatic heterocycles. The molecule has 0 atom stereocenters. The summed E-state index contributed by atoms with van der Waals surface area (Å²) in [7, 11) is 1.76. The number of thiazole rings is 1. The summed E-state index contributed by atoms with van der Waals surface area (Å²) < 4.78 is 2.01. The molecule has 0 saturated carbocycles. The largest absolute Gasteiger partial charge is 0.291 e. The molecular weight excluding hydrogens is 485 g/mol. The second-order valence-electron chi connectivity index (χ2n) is 8.35. The van der Waals surface area contributed by atoms with E-state index in [1.165, 1.54) is 33.5 Å². The molecule has 0 aliphatic rings. The molecule has 0 saturated heterocycles. The molecule has 7 nitrogen and oxygen atoms in total. The van der Waals surface area contributed by atoms with Crippen LogP contribution in [0, 0.1) is 13.8 Å². The van der Waals surface area contributed by atoms with Crippen molar-refractivity contribution in [2.24, 2.45) is 0 Å². The maximum absolute atomic E-state index is 13.0. The van der Waals surface area contributed by atoms with Crippen molar-refractivity contribution >= 4 is 61.3 Å². The molecule has 10 heteroatoms. The molecule has 4 heterocycles. The predicted octanol–water partition coefficient (Wildman–Crippen LogP) is 5.96. The first-order valence-corrected chi connectivity index (χ1v) is 13.6. The Morgan fingerprint density at radius 3 is 2.65 bits per heavy atom. The van der Waals surface area contributed by atoms with Gasteiger partial charge >= 0.3 is 0 Å². The van der Waals surface area contributed by atoms with Gasteiger partial charge in [-0.1, -0.05) is 55.9 Å². The lowest BCUT2D eigenvalue weighted by Crippen LogP contribution is -2.27. The van der Waals surface area contributed by atoms with Gasteiger partial charge in [-0.3, -0.25) is 14.1 Å². The number of rotatable bonds is 6. The third kappa shape index (κ3) is 3.99. The number of fused-ring (bicyclic) bond motifs is 3. The number of aryl methyl sites for hydroxylation is 2. The Kier molecular flexibility index (Phi) is 6.13. The molecule has 0 fully saturated rings. The summed E-state index contributed by atoms with van der Waals surface area (Å²) in [6.45, 7) is 8.43. The third-order valence-corrected chi connectivity index (χ3v) is 8.66. The Labute approximate surface area is 209 Å². The number of amides is 1. The highest BCUT2D eigenvalue weighted by Crippen LogP contribution is 2.35. The fourth-order valence-electron chi connectivity index (χ4n) is 3.71. The molecule has 1 amide bonds. The van der Waals surface area contributed by atoms with Gasteiger partial charge in [0, 0.05) is 28.8 Å². The molecule has 5 aromatic rings. The van der Waals surface area contributed by atoms with Crippen molar-refractivity contribution in [3.8, 4) is 11.3 Å². The van der Waals surface area contributed by atoms with Crippen LogP contribution in [0.25, 0.3) is 27.1 Å². The summed E-state index contributed by atoms with van der Waals surface area (Å²) >= 11 is 4.53. The van der Waals surface area contributed by atoms with E-state index in [9.17, 15) is 4.79 Å². The number of carbonyl (C=O) groups is 1. The zero-order chi connectivity index (χ0) is 24.0. The molecular formula is C24H24N6OS3. The van der Waals surface area contributed by atoms with Crippen LogP contribution in [0.15, 0.2) is 40.9 Å². The molecule has 34 heavy (non-hydrogen) atoms. The Bertz CT molecular complexity index is 1500. The first kappa shape index (κ1) is 22.9. The Morgan fingerprint density at radius 1 is 1.15 bits per heavy atom. The van der Waals surface area contributed by atoms with Crippen LogP contribution in [0.2, 0.25) is 0 Å². The molecule has 174 valence electrons.